The minimum Gasteiger partial charge on any atom is -0.501 e. The summed E-state index contributed by atoms with van der Waals surface area (Å²) in [4.78, 5) is 35.1. The van der Waals surface area contributed by atoms with E-state index in [1.165, 1.54) is 18.7 Å². The smallest absolute Gasteiger partial charge is 0.299 e. The number of carbonyl (C=O) groups is 1. The zero-order chi connectivity index (χ0) is 21.6. The van der Waals surface area contributed by atoms with Crippen molar-refractivity contribution in [3.8, 4) is 28.6 Å². The normalized spacial score (nSPS) is 15.5. The summed E-state index contributed by atoms with van der Waals surface area (Å²) in [6.07, 6.45) is 8.07. The number of aromatic amines is 1. The molecule has 6 bridgehead atoms. The maximum absolute atomic E-state index is 12.5. The average molecular weight is 415 g/mol. The number of hydrogen-bond donors (Lipinski definition) is 2. The van der Waals surface area contributed by atoms with E-state index in [0.717, 1.165) is 5.56 Å². The Labute approximate surface area is 176 Å². The second-order valence-corrected chi connectivity index (χ2v) is 6.50. The molecule has 2 aromatic carbocycles. The van der Waals surface area contributed by atoms with Crippen LogP contribution in [0.5, 0.6) is 17.2 Å². The van der Waals surface area contributed by atoms with Crippen molar-refractivity contribution in [3.63, 3.8) is 0 Å². The van der Waals surface area contributed by atoms with E-state index >= 15 is 0 Å². The van der Waals surface area contributed by atoms with Crippen LogP contribution in [0.3, 0.4) is 0 Å². The molecule has 0 fully saturated rings. The number of allylic oxidation sites excluding steroid dienone is 2. The molecular weight excluding hydrogens is 398 g/mol. The van der Waals surface area contributed by atoms with Gasteiger partial charge in [-0.25, -0.2) is 9.98 Å². The molecule has 0 spiro atoms. The molecule has 1 aromatic heterocycles. The van der Waals surface area contributed by atoms with Crippen LogP contribution in [0.2, 0.25) is 0 Å². The summed E-state index contributed by atoms with van der Waals surface area (Å²) in [5, 5.41) is 10.0. The Bertz CT molecular complexity index is 1270. The first-order valence-corrected chi connectivity index (χ1v) is 9.35. The van der Waals surface area contributed by atoms with Gasteiger partial charge in [-0.1, -0.05) is 24.3 Å². The maximum Gasteiger partial charge on any atom is 0.299 e. The molecule has 1 amide bonds. The highest BCUT2D eigenvalue weighted by Gasteiger charge is 2.18. The van der Waals surface area contributed by atoms with Crippen LogP contribution < -0.4 is 15.0 Å². The van der Waals surface area contributed by atoms with E-state index in [0.29, 0.717) is 23.5 Å². The van der Waals surface area contributed by atoms with Gasteiger partial charge in [-0.15, -0.1) is 0 Å². The summed E-state index contributed by atoms with van der Waals surface area (Å²) in [6.45, 7) is 0. The topological polar surface area (TPSA) is 114 Å². The molecule has 8 heteroatoms. The third kappa shape index (κ3) is 4.76. The second kappa shape index (κ2) is 8.91. The minimum absolute atomic E-state index is 0.106. The number of aliphatic imine (C=N–C) groups is 1. The lowest BCUT2D eigenvalue weighted by Crippen LogP contribution is -2.14. The molecule has 3 aromatic rings. The number of nitrogens with zero attached hydrogens (tertiary/aromatic N) is 2. The third-order valence-electron chi connectivity index (χ3n) is 4.32. The minimum atomic E-state index is -0.837. The molecule has 4 rings (SSSR count). The molecule has 0 aliphatic carbocycles. The molecular formula is C23H17N3O5. The van der Waals surface area contributed by atoms with Crippen LogP contribution in [0.15, 0.2) is 83.0 Å². The monoisotopic (exact) mass is 415 g/mol. The third-order valence-corrected chi connectivity index (χ3v) is 4.32. The predicted octanol–water partition coefficient (Wildman–Crippen LogP) is 3.39. The van der Waals surface area contributed by atoms with Crippen LogP contribution in [0.1, 0.15) is 16.1 Å². The molecule has 0 unspecified atom stereocenters. The van der Waals surface area contributed by atoms with Gasteiger partial charge in [0.15, 0.2) is 5.69 Å². The number of hydrogen-bond acceptors (Lipinski definition) is 6. The number of rotatable bonds is 0. The number of carbonyl (C=O) groups excluding carboxylic acids is 1. The molecule has 154 valence electrons. The number of aromatic hydroxyl groups is 1. The molecule has 0 saturated carbocycles. The highest BCUT2D eigenvalue weighted by Crippen LogP contribution is 2.22. The largest absolute Gasteiger partial charge is 0.501 e. The molecule has 0 atom stereocenters. The van der Waals surface area contributed by atoms with Crippen molar-refractivity contribution in [2.45, 2.75) is 6.42 Å². The summed E-state index contributed by atoms with van der Waals surface area (Å²) in [5.41, 5.74) is 0.0870. The highest BCUT2D eigenvalue weighted by molar-refractivity contribution is 5.99. The zero-order valence-corrected chi connectivity index (χ0v) is 16.2. The van der Waals surface area contributed by atoms with E-state index in [1.807, 2.05) is 18.2 Å². The first-order valence-electron chi connectivity index (χ1n) is 9.35. The van der Waals surface area contributed by atoms with Crippen LogP contribution in [-0.4, -0.2) is 27.2 Å². The lowest BCUT2D eigenvalue weighted by molar-refractivity contribution is 0.0995. The van der Waals surface area contributed by atoms with Crippen molar-refractivity contribution in [1.29, 1.82) is 0 Å². The number of fused-ring (bicyclic) bond motifs is 7. The molecule has 2 heterocycles. The molecule has 0 saturated heterocycles. The number of H-pyrrole nitrogens is 1. The van der Waals surface area contributed by atoms with Crippen LogP contribution in [0.4, 0.5) is 0 Å². The van der Waals surface area contributed by atoms with Crippen molar-refractivity contribution in [2.24, 2.45) is 4.99 Å². The molecule has 1 aliphatic heterocycles. The predicted molar refractivity (Wildman–Crippen MR) is 114 cm³/mol. The maximum atomic E-state index is 12.5. The molecule has 31 heavy (non-hydrogen) atoms. The summed E-state index contributed by atoms with van der Waals surface area (Å²) in [6, 6.07) is 14.0. The van der Waals surface area contributed by atoms with Gasteiger partial charge in [0.25, 0.3) is 11.5 Å². The van der Waals surface area contributed by atoms with E-state index in [4.69, 9.17) is 9.47 Å². The fraction of sp³-hybridized carbons (Fsp3) is 0.0435. The first-order chi connectivity index (χ1) is 15.1. The van der Waals surface area contributed by atoms with Gasteiger partial charge in [0.05, 0.1) is 12.5 Å². The summed E-state index contributed by atoms with van der Waals surface area (Å²) in [7, 11) is 0. The van der Waals surface area contributed by atoms with Gasteiger partial charge in [0, 0.05) is 18.2 Å². The Kier molecular flexibility index (Phi) is 5.70. The number of ether oxygens (including phenoxy) is 2. The summed E-state index contributed by atoms with van der Waals surface area (Å²) >= 11 is 0. The SMILES string of the molecule is O=C1N=CCc2cccc(c2)O/C=C/C=C/Oc2cccc(c2)-c2nc1c(O)c(=O)[nH]2. The van der Waals surface area contributed by atoms with E-state index in [9.17, 15) is 14.7 Å². The van der Waals surface area contributed by atoms with Crippen molar-refractivity contribution >= 4 is 12.1 Å². The van der Waals surface area contributed by atoms with Gasteiger partial charge in [-0.2, -0.15) is 0 Å². The molecule has 2 N–H and O–H groups in total. The quantitative estimate of drug-likeness (QED) is 0.582. The van der Waals surface area contributed by atoms with Crippen molar-refractivity contribution in [3.05, 3.63) is 94.8 Å². The molecule has 0 radical (unpaired) electrons. The van der Waals surface area contributed by atoms with Crippen LogP contribution in [0, 0.1) is 0 Å². The Morgan fingerprint density at radius 3 is 2.42 bits per heavy atom. The Balaban J connectivity index is 1.77. The molecule has 1 aliphatic rings. The van der Waals surface area contributed by atoms with Gasteiger partial charge < -0.3 is 19.6 Å². The van der Waals surface area contributed by atoms with E-state index in [-0.39, 0.29) is 5.82 Å². The van der Waals surface area contributed by atoms with E-state index in [2.05, 4.69) is 15.0 Å². The first kappa shape index (κ1) is 19.8. The standard InChI is InChI=1S/C23H17N3O5/c27-20-19-22(28)24-10-9-15-5-3-7-17(13-15)30-11-1-2-12-31-18-8-4-6-16(14-18)21(25-19)26-23(20)29/h1-8,10-14,27H,9H2,(H,25,26,29)/b11-1+,12-2+,24-10?. The van der Waals surface area contributed by atoms with Crippen LogP contribution in [0.25, 0.3) is 11.4 Å². The zero-order valence-electron chi connectivity index (χ0n) is 16.2. The number of amides is 1. The number of nitrogens with one attached hydrogen (secondary N) is 1. The molecule has 8 nitrogen and oxygen atoms in total. The van der Waals surface area contributed by atoms with Crippen molar-refractivity contribution < 1.29 is 19.4 Å². The van der Waals surface area contributed by atoms with E-state index < -0.39 is 22.9 Å². The fourth-order valence-electron chi connectivity index (χ4n) is 2.84. The van der Waals surface area contributed by atoms with E-state index in [1.54, 1.807) is 42.5 Å². The van der Waals surface area contributed by atoms with Gasteiger partial charge >= 0.3 is 0 Å². The summed E-state index contributed by atoms with van der Waals surface area (Å²) < 4.78 is 11.1. The number of aromatic nitrogens is 2. The van der Waals surface area contributed by atoms with Crippen LogP contribution in [-0.2, 0) is 6.42 Å². The van der Waals surface area contributed by atoms with Crippen molar-refractivity contribution in [1.82, 2.24) is 9.97 Å². The Hall–Kier alpha value is -4.46. The summed E-state index contributed by atoms with van der Waals surface area (Å²) in [5.74, 6) is -0.404. The number of benzene rings is 2. The fourth-order valence-corrected chi connectivity index (χ4v) is 2.84. The van der Waals surface area contributed by atoms with Gasteiger partial charge in [-0.05, 0) is 42.0 Å². The lowest BCUT2D eigenvalue weighted by atomic mass is 10.1. The highest BCUT2D eigenvalue weighted by atomic mass is 16.5. The van der Waals surface area contributed by atoms with Crippen LogP contribution >= 0.6 is 0 Å². The lowest BCUT2D eigenvalue weighted by Gasteiger charge is -2.06. The Morgan fingerprint density at radius 1 is 0.935 bits per heavy atom. The average Bonchev–Trinajstić information content (AvgIpc) is 2.78. The van der Waals surface area contributed by atoms with Gasteiger partial charge in [0.1, 0.15) is 17.3 Å². The Morgan fingerprint density at radius 2 is 1.65 bits per heavy atom. The van der Waals surface area contributed by atoms with Gasteiger partial charge in [0.2, 0.25) is 5.75 Å². The van der Waals surface area contributed by atoms with Crippen molar-refractivity contribution in [2.75, 3.05) is 0 Å². The van der Waals surface area contributed by atoms with Gasteiger partial charge in [-0.3, -0.25) is 9.59 Å². The second-order valence-electron chi connectivity index (χ2n) is 6.50.